The molecule has 0 saturated heterocycles. The molecular weight excluding hydrogens is 351 g/mol. The maximum Gasteiger partial charge on any atom is 0.160 e. The van der Waals surface area contributed by atoms with E-state index in [1.807, 2.05) is 0 Å². The summed E-state index contributed by atoms with van der Waals surface area (Å²) in [5, 5.41) is 1.00. The van der Waals surface area contributed by atoms with Crippen LogP contribution < -0.4 is 4.74 Å². The summed E-state index contributed by atoms with van der Waals surface area (Å²) in [6, 6.07) is 10.1. The summed E-state index contributed by atoms with van der Waals surface area (Å²) in [5.41, 5.74) is 0.608. The second kappa shape index (κ2) is 5.95. The highest BCUT2D eigenvalue weighted by Crippen LogP contribution is 2.30. The molecule has 0 spiro atoms. The lowest BCUT2D eigenvalue weighted by Gasteiger charge is -2.08. The standard InChI is InChI=1S/C14H9BrCl2O2/c1-8(18)13-3-2-11(7-14(13)15)19-12-5-9(16)4-10(17)6-12/h2-7H,1H3. The van der Waals surface area contributed by atoms with E-state index < -0.39 is 0 Å². The van der Waals surface area contributed by atoms with Gasteiger partial charge in [0, 0.05) is 20.1 Å². The van der Waals surface area contributed by atoms with Gasteiger partial charge >= 0.3 is 0 Å². The van der Waals surface area contributed by atoms with Gasteiger partial charge in [0.05, 0.1) is 0 Å². The van der Waals surface area contributed by atoms with Crippen LogP contribution >= 0.6 is 39.1 Å². The molecule has 0 aromatic heterocycles. The molecule has 2 rings (SSSR count). The minimum absolute atomic E-state index is 0.00998. The minimum Gasteiger partial charge on any atom is -0.457 e. The average Bonchev–Trinajstić information content (AvgIpc) is 2.26. The molecule has 0 aliphatic rings. The van der Waals surface area contributed by atoms with E-state index in [1.54, 1.807) is 36.4 Å². The lowest BCUT2D eigenvalue weighted by Crippen LogP contribution is -1.94. The van der Waals surface area contributed by atoms with Crippen molar-refractivity contribution in [2.24, 2.45) is 0 Å². The van der Waals surface area contributed by atoms with Gasteiger partial charge in [0.2, 0.25) is 0 Å². The van der Waals surface area contributed by atoms with Gasteiger partial charge in [0.25, 0.3) is 0 Å². The Balaban J connectivity index is 2.28. The van der Waals surface area contributed by atoms with E-state index in [-0.39, 0.29) is 5.78 Å². The fourth-order valence-electron chi connectivity index (χ4n) is 1.57. The number of hydrogen-bond acceptors (Lipinski definition) is 2. The molecule has 0 atom stereocenters. The van der Waals surface area contributed by atoms with Crippen molar-refractivity contribution in [3.05, 3.63) is 56.5 Å². The monoisotopic (exact) mass is 358 g/mol. The molecule has 0 bridgehead atoms. The van der Waals surface area contributed by atoms with Crippen LogP contribution in [-0.4, -0.2) is 5.78 Å². The van der Waals surface area contributed by atoms with Crippen molar-refractivity contribution in [2.75, 3.05) is 0 Å². The first-order valence-corrected chi connectivity index (χ1v) is 6.95. The highest BCUT2D eigenvalue weighted by Gasteiger charge is 2.07. The molecular formula is C14H9BrCl2O2. The number of Topliss-reactive ketones (excluding diaryl/α,β-unsaturated/α-hetero) is 1. The molecule has 2 nitrogen and oxygen atoms in total. The Morgan fingerprint density at radius 3 is 2.21 bits per heavy atom. The fraction of sp³-hybridized carbons (Fsp3) is 0.0714. The van der Waals surface area contributed by atoms with E-state index in [9.17, 15) is 4.79 Å². The molecule has 19 heavy (non-hydrogen) atoms. The third-order valence-electron chi connectivity index (χ3n) is 2.39. The Morgan fingerprint density at radius 2 is 1.68 bits per heavy atom. The van der Waals surface area contributed by atoms with Crippen LogP contribution in [0.25, 0.3) is 0 Å². The number of hydrogen-bond donors (Lipinski definition) is 0. The van der Waals surface area contributed by atoms with Crippen molar-refractivity contribution in [1.82, 2.24) is 0 Å². The van der Waals surface area contributed by atoms with Gasteiger partial charge < -0.3 is 4.74 Å². The molecule has 0 radical (unpaired) electrons. The molecule has 0 fully saturated rings. The van der Waals surface area contributed by atoms with Gasteiger partial charge in [0.1, 0.15) is 11.5 Å². The van der Waals surface area contributed by atoms with Crippen molar-refractivity contribution in [3.63, 3.8) is 0 Å². The summed E-state index contributed by atoms with van der Waals surface area (Å²) >= 11 is 15.1. The van der Waals surface area contributed by atoms with Gasteiger partial charge in [-0.3, -0.25) is 4.79 Å². The van der Waals surface area contributed by atoms with Crippen molar-refractivity contribution in [2.45, 2.75) is 6.92 Å². The Bertz CT molecular complexity index is 621. The number of halogens is 3. The first kappa shape index (κ1) is 14.4. The van der Waals surface area contributed by atoms with Crippen molar-refractivity contribution >= 4 is 44.9 Å². The summed E-state index contributed by atoms with van der Waals surface area (Å²) in [4.78, 5) is 11.3. The predicted octanol–water partition coefficient (Wildman–Crippen LogP) is 5.75. The molecule has 0 saturated carbocycles. The maximum absolute atomic E-state index is 11.3. The SMILES string of the molecule is CC(=O)c1ccc(Oc2cc(Cl)cc(Cl)c2)cc1Br. The predicted molar refractivity (Wildman–Crippen MR) is 80.7 cm³/mol. The zero-order valence-corrected chi connectivity index (χ0v) is 13.0. The van der Waals surface area contributed by atoms with E-state index in [4.69, 9.17) is 27.9 Å². The number of ketones is 1. The maximum atomic E-state index is 11.3. The third-order valence-corrected chi connectivity index (χ3v) is 3.48. The van der Waals surface area contributed by atoms with Gasteiger partial charge in [-0.1, -0.05) is 23.2 Å². The Hall–Kier alpha value is -1.03. The van der Waals surface area contributed by atoms with Crippen LogP contribution in [0.2, 0.25) is 10.0 Å². The molecule has 0 aliphatic carbocycles. The largest absolute Gasteiger partial charge is 0.457 e. The van der Waals surface area contributed by atoms with Gasteiger partial charge in [-0.25, -0.2) is 0 Å². The third kappa shape index (κ3) is 3.72. The lowest BCUT2D eigenvalue weighted by atomic mass is 10.1. The normalized spacial score (nSPS) is 10.3. The smallest absolute Gasteiger partial charge is 0.160 e. The van der Waals surface area contributed by atoms with E-state index in [0.29, 0.717) is 31.6 Å². The van der Waals surface area contributed by atoms with Crippen LogP contribution in [0.5, 0.6) is 11.5 Å². The van der Waals surface area contributed by atoms with Gasteiger partial charge in [-0.05, 0) is 59.3 Å². The van der Waals surface area contributed by atoms with E-state index >= 15 is 0 Å². The number of ether oxygens (including phenoxy) is 1. The van der Waals surface area contributed by atoms with Gasteiger partial charge in [-0.2, -0.15) is 0 Å². The van der Waals surface area contributed by atoms with Crippen LogP contribution in [0.3, 0.4) is 0 Å². The van der Waals surface area contributed by atoms with Crippen LogP contribution in [-0.2, 0) is 0 Å². The average molecular weight is 360 g/mol. The van der Waals surface area contributed by atoms with E-state index in [0.717, 1.165) is 0 Å². The number of benzene rings is 2. The zero-order valence-electron chi connectivity index (χ0n) is 9.91. The molecule has 0 unspecified atom stereocenters. The van der Waals surface area contributed by atoms with Crippen LogP contribution in [0, 0.1) is 0 Å². The van der Waals surface area contributed by atoms with Crippen LogP contribution in [0.1, 0.15) is 17.3 Å². The Kier molecular flexibility index (Phi) is 4.50. The summed E-state index contributed by atoms with van der Waals surface area (Å²) in [5.74, 6) is 1.12. The van der Waals surface area contributed by atoms with Crippen molar-refractivity contribution in [1.29, 1.82) is 0 Å². The topological polar surface area (TPSA) is 26.3 Å². The fourth-order valence-corrected chi connectivity index (χ4v) is 2.71. The molecule has 2 aromatic carbocycles. The molecule has 0 N–H and O–H groups in total. The first-order valence-electron chi connectivity index (χ1n) is 5.40. The second-order valence-electron chi connectivity index (χ2n) is 3.91. The number of rotatable bonds is 3. The minimum atomic E-state index is -0.00998. The number of carbonyl (C=O) groups excluding carboxylic acids is 1. The number of carbonyl (C=O) groups is 1. The zero-order chi connectivity index (χ0) is 14.0. The summed E-state index contributed by atoms with van der Waals surface area (Å²) in [6.07, 6.45) is 0. The van der Waals surface area contributed by atoms with Gasteiger partial charge in [0.15, 0.2) is 5.78 Å². The molecule has 5 heteroatoms. The second-order valence-corrected chi connectivity index (χ2v) is 5.63. The summed E-state index contributed by atoms with van der Waals surface area (Å²) in [6.45, 7) is 1.51. The van der Waals surface area contributed by atoms with E-state index in [1.165, 1.54) is 6.92 Å². The lowest BCUT2D eigenvalue weighted by molar-refractivity contribution is 0.101. The summed E-state index contributed by atoms with van der Waals surface area (Å²) in [7, 11) is 0. The molecule has 98 valence electrons. The van der Waals surface area contributed by atoms with Gasteiger partial charge in [-0.15, -0.1) is 0 Å². The Morgan fingerprint density at radius 1 is 1.05 bits per heavy atom. The molecule has 0 aliphatic heterocycles. The molecule has 2 aromatic rings. The highest BCUT2D eigenvalue weighted by atomic mass is 79.9. The molecule has 0 amide bonds. The Labute approximate surface area is 129 Å². The molecule has 0 heterocycles. The van der Waals surface area contributed by atoms with E-state index in [2.05, 4.69) is 15.9 Å². The first-order chi connectivity index (χ1) is 8.95. The van der Waals surface area contributed by atoms with Crippen LogP contribution in [0.15, 0.2) is 40.9 Å². The van der Waals surface area contributed by atoms with Crippen molar-refractivity contribution in [3.8, 4) is 11.5 Å². The highest BCUT2D eigenvalue weighted by molar-refractivity contribution is 9.10. The van der Waals surface area contributed by atoms with Crippen LogP contribution in [0.4, 0.5) is 0 Å². The summed E-state index contributed by atoms with van der Waals surface area (Å²) < 4.78 is 6.33. The quantitative estimate of drug-likeness (QED) is 0.652. The van der Waals surface area contributed by atoms with Crippen molar-refractivity contribution < 1.29 is 9.53 Å².